The second-order valence-electron chi connectivity index (χ2n) is 6.93. The van der Waals surface area contributed by atoms with Crippen LogP contribution in [0.25, 0.3) is 0 Å². The smallest absolute Gasteiger partial charge is 0.277 e. The van der Waals surface area contributed by atoms with Crippen LogP contribution in [0.4, 0.5) is 5.69 Å². The highest BCUT2D eigenvalue weighted by Crippen LogP contribution is 2.30. The zero-order chi connectivity index (χ0) is 19.3. The highest BCUT2D eigenvalue weighted by atomic mass is 35.5. The predicted octanol–water partition coefficient (Wildman–Crippen LogP) is 3.98. The number of nitrogens with one attached hydrogen (secondary N) is 2. The van der Waals surface area contributed by atoms with Crippen molar-refractivity contribution in [3.63, 3.8) is 0 Å². The van der Waals surface area contributed by atoms with Crippen molar-refractivity contribution in [1.29, 1.82) is 0 Å². The predicted molar refractivity (Wildman–Crippen MR) is 114 cm³/mol. The summed E-state index contributed by atoms with van der Waals surface area (Å²) in [4.78, 5) is 12.7. The molecule has 0 radical (unpaired) electrons. The molecule has 3 aromatic rings. The van der Waals surface area contributed by atoms with Crippen LogP contribution in [0.3, 0.4) is 0 Å². The van der Waals surface area contributed by atoms with E-state index in [-0.39, 0.29) is 24.4 Å². The van der Waals surface area contributed by atoms with E-state index >= 15 is 0 Å². The lowest BCUT2D eigenvalue weighted by atomic mass is 10.1. The third-order valence-corrected chi connectivity index (χ3v) is 4.78. The van der Waals surface area contributed by atoms with E-state index in [1.165, 1.54) is 0 Å². The molecule has 8 heteroatoms. The molecule has 1 aliphatic heterocycles. The number of carbonyl (C=O) groups is 1. The van der Waals surface area contributed by atoms with Crippen LogP contribution in [-0.2, 0) is 0 Å². The summed E-state index contributed by atoms with van der Waals surface area (Å²) in [5, 5.41) is 14.5. The highest BCUT2D eigenvalue weighted by molar-refractivity contribution is 6.03. The van der Waals surface area contributed by atoms with Crippen LogP contribution < -0.4 is 15.4 Å². The molecule has 7 nitrogen and oxygen atoms in total. The molecule has 2 N–H and O–H groups in total. The van der Waals surface area contributed by atoms with Crippen molar-refractivity contribution in [3.8, 4) is 11.5 Å². The molecule has 1 amide bonds. The van der Waals surface area contributed by atoms with Gasteiger partial charge >= 0.3 is 0 Å². The fourth-order valence-electron chi connectivity index (χ4n) is 3.26. The standard InChI is InChI=1S/C21H23N5O2.ClH/c1-15-7-8-20(28-17-5-3-2-4-6-17)18(13-15)23-21(27)19-14-26(25-24-19)16-9-11-22-12-10-16;/h2-8,13-14,16,22H,9-12H2,1H3,(H,23,27);1H. The van der Waals surface area contributed by atoms with Crippen molar-refractivity contribution in [2.75, 3.05) is 18.4 Å². The summed E-state index contributed by atoms with van der Waals surface area (Å²) in [5.41, 5.74) is 1.92. The van der Waals surface area contributed by atoms with Gasteiger partial charge in [0.05, 0.1) is 17.9 Å². The Hall–Kier alpha value is -2.90. The number of halogens is 1. The number of anilines is 1. The lowest BCUT2D eigenvalue weighted by Gasteiger charge is -2.22. The molecule has 0 atom stereocenters. The van der Waals surface area contributed by atoms with E-state index in [0.29, 0.717) is 22.9 Å². The number of ether oxygens (including phenoxy) is 1. The number of amides is 1. The first-order valence-corrected chi connectivity index (χ1v) is 9.46. The van der Waals surface area contributed by atoms with Crippen molar-refractivity contribution in [3.05, 3.63) is 66.0 Å². The van der Waals surface area contributed by atoms with Gasteiger partial charge in [0.1, 0.15) is 5.75 Å². The normalized spacial score (nSPS) is 14.1. The molecule has 29 heavy (non-hydrogen) atoms. The number of nitrogens with zero attached hydrogens (tertiary/aromatic N) is 3. The molecule has 152 valence electrons. The van der Waals surface area contributed by atoms with Gasteiger partial charge in [0.25, 0.3) is 5.91 Å². The fraction of sp³-hybridized carbons (Fsp3) is 0.286. The fourth-order valence-corrected chi connectivity index (χ4v) is 3.26. The van der Waals surface area contributed by atoms with E-state index in [9.17, 15) is 4.79 Å². The maximum atomic E-state index is 12.7. The van der Waals surface area contributed by atoms with Gasteiger partial charge in [-0.2, -0.15) is 0 Å². The van der Waals surface area contributed by atoms with Crippen LogP contribution in [0.5, 0.6) is 11.5 Å². The molecule has 0 saturated carbocycles. The first-order chi connectivity index (χ1) is 13.7. The quantitative estimate of drug-likeness (QED) is 0.661. The van der Waals surface area contributed by atoms with Crippen LogP contribution in [0, 0.1) is 6.92 Å². The number of benzene rings is 2. The van der Waals surface area contributed by atoms with Gasteiger partial charge in [-0.1, -0.05) is 29.5 Å². The first-order valence-electron chi connectivity index (χ1n) is 9.46. The Morgan fingerprint density at radius 2 is 1.93 bits per heavy atom. The number of hydrogen-bond acceptors (Lipinski definition) is 5. The molecule has 1 saturated heterocycles. The van der Waals surface area contributed by atoms with Gasteiger partial charge in [0.15, 0.2) is 11.4 Å². The summed E-state index contributed by atoms with van der Waals surface area (Å²) in [5.74, 6) is 0.985. The lowest BCUT2D eigenvalue weighted by Crippen LogP contribution is -2.29. The van der Waals surface area contributed by atoms with E-state index in [1.807, 2.05) is 55.5 Å². The average Bonchev–Trinajstić information content (AvgIpc) is 3.22. The van der Waals surface area contributed by atoms with Gasteiger partial charge in [-0.15, -0.1) is 17.5 Å². The largest absolute Gasteiger partial charge is 0.455 e. The number of piperidine rings is 1. The number of para-hydroxylation sites is 1. The Bertz CT molecular complexity index is 955. The van der Waals surface area contributed by atoms with Crippen LogP contribution in [0.15, 0.2) is 54.7 Å². The summed E-state index contributed by atoms with van der Waals surface area (Å²) in [7, 11) is 0. The number of carbonyl (C=O) groups excluding carboxylic acids is 1. The van der Waals surface area contributed by atoms with E-state index in [4.69, 9.17) is 4.74 Å². The van der Waals surface area contributed by atoms with Crippen molar-refractivity contribution in [2.24, 2.45) is 0 Å². The molecule has 1 aliphatic rings. The van der Waals surface area contributed by atoms with Gasteiger partial charge in [0.2, 0.25) is 0 Å². The summed E-state index contributed by atoms with van der Waals surface area (Å²) in [6.07, 6.45) is 3.69. The molecular formula is C21H24ClN5O2. The number of rotatable bonds is 5. The minimum Gasteiger partial charge on any atom is -0.455 e. The summed E-state index contributed by atoms with van der Waals surface area (Å²) in [6.45, 7) is 3.88. The van der Waals surface area contributed by atoms with E-state index in [1.54, 1.807) is 10.9 Å². The third-order valence-electron chi connectivity index (χ3n) is 4.78. The van der Waals surface area contributed by atoms with Crippen molar-refractivity contribution < 1.29 is 9.53 Å². The van der Waals surface area contributed by atoms with E-state index in [2.05, 4.69) is 20.9 Å². The van der Waals surface area contributed by atoms with Gasteiger partial charge < -0.3 is 15.4 Å². The Morgan fingerprint density at radius 3 is 2.69 bits per heavy atom. The lowest BCUT2D eigenvalue weighted by molar-refractivity contribution is 0.102. The molecule has 0 aliphatic carbocycles. The minimum atomic E-state index is -0.302. The second-order valence-corrected chi connectivity index (χ2v) is 6.93. The monoisotopic (exact) mass is 413 g/mol. The topological polar surface area (TPSA) is 81.1 Å². The Labute approximate surface area is 175 Å². The van der Waals surface area contributed by atoms with Crippen molar-refractivity contribution >= 4 is 24.0 Å². The third kappa shape index (κ3) is 5.13. The van der Waals surface area contributed by atoms with Gasteiger partial charge in [0, 0.05) is 0 Å². The van der Waals surface area contributed by atoms with Gasteiger partial charge in [-0.3, -0.25) is 4.79 Å². The van der Waals surface area contributed by atoms with Gasteiger partial charge in [-0.05, 0) is 62.7 Å². The maximum absolute atomic E-state index is 12.7. The zero-order valence-corrected chi connectivity index (χ0v) is 17.0. The molecule has 0 unspecified atom stereocenters. The Morgan fingerprint density at radius 1 is 1.17 bits per heavy atom. The van der Waals surface area contributed by atoms with Crippen LogP contribution in [-0.4, -0.2) is 34.0 Å². The molecular weight excluding hydrogens is 390 g/mol. The second kappa shape index (κ2) is 9.54. The summed E-state index contributed by atoms with van der Waals surface area (Å²) < 4.78 is 7.74. The molecule has 2 heterocycles. The molecule has 2 aromatic carbocycles. The number of aromatic nitrogens is 3. The molecule has 4 rings (SSSR count). The van der Waals surface area contributed by atoms with Crippen molar-refractivity contribution in [1.82, 2.24) is 20.3 Å². The maximum Gasteiger partial charge on any atom is 0.277 e. The van der Waals surface area contributed by atoms with E-state index < -0.39 is 0 Å². The average molecular weight is 414 g/mol. The molecule has 1 aromatic heterocycles. The molecule has 0 spiro atoms. The van der Waals surface area contributed by atoms with Crippen molar-refractivity contribution in [2.45, 2.75) is 25.8 Å². The van der Waals surface area contributed by atoms with Gasteiger partial charge in [-0.25, -0.2) is 4.68 Å². The first kappa shape index (κ1) is 20.8. The minimum absolute atomic E-state index is 0. The van der Waals surface area contributed by atoms with Crippen LogP contribution >= 0.6 is 12.4 Å². The van der Waals surface area contributed by atoms with E-state index in [0.717, 1.165) is 31.5 Å². The zero-order valence-electron chi connectivity index (χ0n) is 16.2. The van der Waals surface area contributed by atoms with Crippen LogP contribution in [0.1, 0.15) is 34.9 Å². The highest BCUT2D eigenvalue weighted by Gasteiger charge is 2.19. The Kier molecular flexibility index (Phi) is 6.85. The number of aryl methyl sites for hydroxylation is 1. The Balaban J connectivity index is 0.00000240. The summed E-state index contributed by atoms with van der Waals surface area (Å²) >= 11 is 0. The number of hydrogen-bond donors (Lipinski definition) is 2. The SMILES string of the molecule is Cc1ccc(Oc2ccccc2)c(NC(=O)c2cn(C3CCNCC3)nn2)c1.Cl. The van der Waals surface area contributed by atoms with Crippen LogP contribution in [0.2, 0.25) is 0 Å². The summed E-state index contributed by atoms with van der Waals surface area (Å²) in [6, 6.07) is 15.4. The molecule has 1 fully saturated rings. The molecule has 0 bridgehead atoms.